The van der Waals surface area contributed by atoms with E-state index in [0.717, 1.165) is 18.7 Å². The monoisotopic (exact) mass is 333 g/mol. The van der Waals surface area contributed by atoms with Gasteiger partial charge in [-0.2, -0.15) is 0 Å². The molecular formula is C16H16ClN3O3. The summed E-state index contributed by atoms with van der Waals surface area (Å²) in [4.78, 5) is 20.4. The van der Waals surface area contributed by atoms with E-state index in [-0.39, 0.29) is 0 Å². The summed E-state index contributed by atoms with van der Waals surface area (Å²) in [6.45, 7) is 0. The Labute approximate surface area is 138 Å². The van der Waals surface area contributed by atoms with Crippen molar-refractivity contribution < 1.29 is 14.3 Å². The van der Waals surface area contributed by atoms with Crippen LogP contribution in [0.4, 0.5) is 11.5 Å². The number of carbonyl (C=O) groups is 1. The molecule has 0 unspecified atom stereocenters. The van der Waals surface area contributed by atoms with Gasteiger partial charge in [0.05, 0.1) is 25.5 Å². The van der Waals surface area contributed by atoms with E-state index in [4.69, 9.17) is 21.1 Å². The van der Waals surface area contributed by atoms with Crippen molar-refractivity contribution in [2.24, 2.45) is 0 Å². The quantitative estimate of drug-likeness (QED) is 0.666. The van der Waals surface area contributed by atoms with E-state index in [9.17, 15) is 4.79 Å². The van der Waals surface area contributed by atoms with E-state index in [1.165, 1.54) is 7.11 Å². The first-order chi connectivity index (χ1) is 11.1. The number of rotatable bonds is 5. The maximum absolute atomic E-state index is 11.7. The molecule has 3 rings (SSSR count). The summed E-state index contributed by atoms with van der Waals surface area (Å²) in [5.41, 5.74) is 1.02. The van der Waals surface area contributed by atoms with Gasteiger partial charge in [0.15, 0.2) is 0 Å². The van der Waals surface area contributed by atoms with Gasteiger partial charge in [-0.05, 0) is 31.0 Å². The molecule has 2 aromatic rings. The number of methoxy groups -OCH3 is 2. The zero-order chi connectivity index (χ0) is 16.4. The van der Waals surface area contributed by atoms with Gasteiger partial charge in [-0.15, -0.1) is 0 Å². The number of halogens is 1. The molecule has 1 N–H and O–H groups in total. The first-order valence-electron chi connectivity index (χ1n) is 7.18. The Morgan fingerprint density at radius 1 is 1.26 bits per heavy atom. The lowest BCUT2D eigenvalue weighted by atomic mass is 10.2. The molecule has 0 atom stereocenters. The normalized spacial score (nSPS) is 13.5. The highest BCUT2D eigenvalue weighted by molar-refractivity contribution is 6.29. The minimum Gasteiger partial charge on any atom is -0.495 e. The fourth-order valence-electron chi connectivity index (χ4n) is 2.21. The summed E-state index contributed by atoms with van der Waals surface area (Å²) in [6.07, 6.45) is 2.17. The summed E-state index contributed by atoms with van der Waals surface area (Å²) in [7, 11) is 2.90. The molecule has 1 aliphatic rings. The Bertz CT molecular complexity index is 747. The van der Waals surface area contributed by atoms with E-state index in [1.807, 2.05) is 0 Å². The molecule has 1 saturated carbocycles. The van der Waals surface area contributed by atoms with Crippen molar-refractivity contribution >= 4 is 29.1 Å². The maximum Gasteiger partial charge on any atom is 0.337 e. The molecule has 1 heterocycles. The van der Waals surface area contributed by atoms with Gasteiger partial charge in [0, 0.05) is 12.0 Å². The van der Waals surface area contributed by atoms with Crippen LogP contribution in [0, 0.1) is 0 Å². The Morgan fingerprint density at radius 3 is 2.70 bits per heavy atom. The van der Waals surface area contributed by atoms with Gasteiger partial charge < -0.3 is 14.8 Å². The minimum absolute atomic E-state index is 0.382. The molecule has 0 amide bonds. The second kappa shape index (κ2) is 6.42. The molecule has 1 aromatic carbocycles. The summed E-state index contributed by atoms with van der Waals surface area (Å²) in [5.74, 6) is 1.85. The third-order valence-corrected chi connectivity index (χ3v) is 3.73. The van der Waals surface area contributed by atoms with Crippen LogP contribution in [0.3, 0.4) is 0 Å². The third-order valence-electron chi connectivity index (χ3n) is 3.54. The van der Waals surface area contributed by atoms with Crippen molar-refractivity contribution in [3.05, 3.63) is 40.8 Å². The molecule has 0 radical (unpaired) electrons. The van der Waals surface area contributed by atoms with Gasteiger partial charge in [-0.25, -0.2) is 14.8 Å². The second-order valence-corrected chi connectivity index (χ2v) is 5.63. The molecule has 1 aliphatic carbocycles. The van der Waals surface area contributed by atoms with Gasteiger partial charge in [-0.3, -0.25) is 0 Å². The number of hydrogen-bond donors (Lipinski definition) is 1. The molecule has 6 nitrogen and oxygen atoms in total. The third kappa shape index (κ3) is 3.53. The van der Waals surface area contributed by atoms with Crippen molar-refractivity contribution in [1.82, 2.24) is 9.97 Å². The van der Waals surface area contributed by atoms with Gasteiger partial charge in [0.25, 0.3) is 0 Å². The molecule has 23 heavy (non-hydrogen) atoms. The number of esters is 1. The average molecular weight is 334 g/mol. The highest BCUT2D eigenvalue weighted by Gasteiger charge is 2.27. The average Bonchev–Trinajstić information content (AvgIpc) is 3.38. The number of aromatic nitrogens is 2. The lowest BCUT2D eigenvalue weighted by Gasteiger charge is -2.12. The van der Waals surface area contributed by atoms with E-state index < -0.39 is 5.97 Å². The topological polar surface area (TPSA) is 73.3 Å². The highest BCUT2D eigenvalue weighted by Crippen LogP contribution is 2.39. The molecule has 0 saturated heterocycles. The number of nitrogens with one attached hydrogen (secondary N) is 1. The van der Waals surface area contributed by atoms with Crippen molar-refractivity contribution in [2.45, 2.75) is 18.8 Å². The zero-order valence-electron chi connectivity index (χ0n) is 12.8. The molecule has 1 fully saturated rings. The first kappa shape index (κ1) is 15.6. The SMILES string of the molecule is COC(=O)c1ccc(OC)c(Nc2cc(Cl)nc(C3CC3)n2)c1. The Balaban J connectivity index is 1.93. The van der Waals surface area contributed by atoms with Crippen LogP contribution in [0.5, 0.6) is 5.75 Å². The van der Waals surface area contributed by atoms with Crippen LogP contribution in [0.2, 0.25) is 5.15 Å². The maximum atomic E-state index is 11.7. The summed E-state index contributed by atoms with van der Waals surface area (Å²) >= 11 is 6.07. The van der Waals surface area contributed by atoms with Crippen molar-refractivity contribution in [3.8, 4) is 5.75 Å². The minimum atomic E-state index is -0.421. The van der Waals surface area contributed by atoms with Crippen molar-refractivity contribution in [1.29, 1.82) is 0 Å². The molecule has 1 aromatic heterocycles. The van der Waals surface area contributed by atoms with Crippen LogP contribution in [0.1, 0.15) is 34.9 Å². The zero-order valence-corrected chi connectivity index (χ0v) is 13.6. The van der Waals surface area contributed by atoms with Gasteiger partial charge in [0.2, 0.25) is 0 Å². The van der Waals surface area contributed by atoms with Crippen LogP contribution in [0.25, 0.3) is 0 Å². The summed E-state index contributed by atoms with van der Waals surface area (Å²) in [6, 6.07) is 6.62. The van der Waals surface area contributed by atoms with E-state index in [2.05, 4.69) is 15.3 Å². The van der Waals surface area contributed by atoms with Crippen LogP contribution in [0.15, 0.2) is 24.3 Å². The van der Waals surface area contributed by atoms with Gasteiger partial charge in [0.1, 0.15) is 22.5 Å². The first-order valence-corrected chi connectivity index (χ1v) is 7.56. The standard InChI is InChI=1S/C16H16ClN3O3/c1-22-12-6-5-10(16(21)23-2)7-11(12)18-14-8-13(17)19-15(20-14)9-3-4-9/h5-9H,3-4H2,1-2H3,(H,18,19,20). The summed E-state index contributed by atoms with van der Waals surface area (Å²) in [5, 5.41) is 3.52. The molecule has 0 spiro atoms. The van der Waals surface area contributed by atoms with Gasteiger partial charge >= 0.3 is 5.97 Å². The number of carbonyl (C=O) groups excluding carboxylic acids is 1. The molecular weight excluding hydrogens is 318 g/mol. The highest BCUT2D eigenvalue weighted by atomic mass is 35.5. The number of ether oxygens (including phenoxy) is 2. The molecule has 7 heteroatoms. The van der Waals surface area contributed by atoms with Crippen molar-refractivity contribution in [3.63, 3.8) is 0 Å². The Hall–Kier alpha value is -2.34. The summed E-state index contributed by atoms with van der Waals surface area (Å²) < 4.78 is 10.1. The Kier molecular flexibility index (Phi) is 4.34. The smallest absolute Gasteiger partial charge is 0.337 e. The molecule has 0 aliphatic heterocycles. The van der Waals surface area contributed by atoms with Gasteiger partial charge in [-0.1, -0.05) is 11.6 Å². The lowest BCUT2D eigenvalue weighted by molar-refractivity contribution is 0.0601. The second-order valence-electron chi connectivity index (χ2n) is 5.24. The predicted octanol–water partition coefficient (Wildman–Crippen LogP) is 3.55. The largest absolute Gasteiger partial charge is 0.495 e. The molecule has 0 bridgehead atoms. The fourth-order valence-corrected chi connectivity index (χ4v) is 2.40. The molecule has 120 valence electrons. The van der Waals surface area contributed by atoms with E-state index >= 15 is 0 Å². The van der Waals surface area contributed by atoms with Crippen LogP contribution in [-0.4, -0.2) is 30.2 Å². The number of nitrogens with zero attached hydrogens (tertiary/aromatic N) is 2. The lowest BCUT2D eigenvalue weighted by Crippen LogP contribution is -2.04. The van der Waals surface area contributed by atoms with E-state index in [1.54, 1.807) is 31.4 Å². The van der Waals surface area contributed by atoms with Crippen LogP contribution < -0.4 is 10.1 Å². The number of hydrogen-bond acceptors (Lipinski definition) is 6. The number of benzene rings is 1. The fraction of sp³-hybridized carbons (Fsp3) is 0.312. The van der Waals surface area contributed by atoms with E-state index in [0.29, 0.717) is 33.9 Å². The van der Waals surface area contributed by atoms with Crippen LogP contribution in [-0.2, 0) is 4.74 Å². The predicted molar refractivity (Wildman–Crippen MR) is 86.6 cm³/mol. The van der Waals surface area contributed by atoms with Crippen LogP contribution >= 0.6 is 11.6 Å². The Morgan fingerprint density at radius 2 is 2.04 bits per heavy atom. The number of anilines is 2. The van der Waals surface area contributed by atoms with Crippen molar-refractivity contribution in [2.75, 3.05) is 19.5 Å².